The average molecular weight is 178 g/mol. The topological polar surface area (TPSA) is 129 Å². The maximum absolute atomic E-state index is 9.28. The molecule has 7 heteroatoms. The molecule has 4 N–H and O–H groups in total. The van der Waals surface area contributed by atoms with Crippen LogP contribution in [0.3, 0.4) is 0 Å². The number of benzene rings is 1. The molecule has 7 nitrogen and oxygen atoms in total. The highest BCUT2D eigenvalue weighted by molar-refractivity contribution is 5.70. The third-order valence-corrected chi connectivity index (χ3v) is 1.42. The van der Waals surface area contributed by atoms with Crippen LogP contribution in [-0.2, 0) is 0 Å². The Bertz CT molecular complexity index is 344. The van der Waals surface area contributed by atoms with Crippen LogP contribution in [-0.4, -0.2) is 5.11 Å². The Kier molecular flexibility index (Phi) is 2.38. The zero-order chi connectivity index (χ0) is 9.84. The van der Waals surface area contributed by atoms with Gasteiger partial charge >= 0.3 is 0 Å². The van der Waals surface area contributed by atoms with Gasteiger partial charge in [-0.3, -0.25) is 0 Å². The molecular formula is C6H6N6O. The van der Waals surface area contributed by atoms with Gasteiger partial charge in [-0.15, -0.1) is 0 Å². The van der Waals surface area contributed by atoms with Crippen molar-refractivity contribution in [2.24, 2.45) is 15.3 Å². The lowest BCUT2D eigenvalue weighted by Gasteiger charge is -2.00. The van der Waals surface area contributed by atoms with Crippen molar-refractivity contribution in [3.05, 3.63) is 12.1 Å². The zero-order valence-electron chi connectivity index (χ0n) is 6.44. The van der Waals surface area contributed by atoms with Gasteiger partial charge in [-0.05, 0) is 12.1 Å². The van der Waals surface area contributed by atoms with E-state index in [0.717, 1.165) is 0 Å². The second kappa shape index (κ2) is 3.48. The molecule has 13 heavy (non-hydrogen) atoms. The molecule has 0 aromatic heterocycles. The van der Waals surface area contributed by atoms with Crippen LogP contribution >= 0.6 is 0 Å². The smallest absolute Gasteiger partial charge is 0.171 e. The Morgan fingerprint density at radius 2 is 1.38 bits per heavy atom. The van der Waals surface area contributed by atoms with E-state index in [9.17, 15) is 5.11 Å². The van der Waals surface area contributed by atoms with Crippen molar-refractivity contribution in [2.45, 2.75) is 0 Å². The van der Waals surface area contributed by atoms with Gasteiger partial charge in [0.25, 0.3) is 0 Å². The molecule has 0 saturated carbocycles. The summed E-state index contributed by atoms with van der Waals surface area (Å²) in [6.07, 6.45) is 0. The summed E-state index contributed by atoms with van der Waals surface area (Å²) in [6.45, 7) is 0. The Morgan fingerprint density at radius 3 is 1.69 bits per heavy atom. The number of aromatic hydroxyl groups is 1. The molecule has 1 rings (SSSR count). The highest BCUT2D eigenvalue weighted by Crippen LogP contribution is 2.39. The molecule has 0 aliphatic heterocycles. The number of hydrogen-bond acceptors (Lipinski definition) is 7. The fourth-order valence-corrected chi connectivity index (χ4v) is 0.825. The number of nitrogens with zero attached hydrogens (tertiary/aromatic N) is 3. The third-order valence-electron chi connectivity index (χ3n) is 1.42. The maximum Gasteiger partial charge on any atom is 0.171 e. The first-order valence-corrected chi connectivity index (χ1v) is 3.22. The van der Waals surface area contributed by atoms with Gasteiger partial charge < -0.3 is 5.11 Å². The quantitative estimate of drug-likeness (QED) is 0.519. The summed E-state index contributed by atoms with van der Waals surface area (Å²) in [5.41, 5.74) is 20.1. The summed E-state index contributed by atoms with van der Waals surface area (Å²) in [7, 11) is 0. The number of phenolic OH excluding ortho intramolecular Hbond substituents is 1. The van der Waals surface area contributed by atoms with Gasteiger partial charge in [-0.25, -0.2) is 16.6 Å². The van der Waals surface area contributed by atoms with Crippen molar-refractivity contribution >= 4 is 17.1 Å². The van der Waals surface area contributed by atoms with Gasteiger partial charge in [0.05, 0.1) is 5.69 Å². The summed E-state index contributed by atoms with van der Waals surface area (Å²) in [4.78, 5) is 0. The first-order valence-electron chi connectivity index (χ1n) is 3.22. The second-order valence-electron chi connectivity index (χ2n) is 2.17. The van der Waals surface area contributed by atoms with E-state index in [0.29, 0.717) is 0 Å². The Balaban J connectivity index is 3.44. The summed E-state index contributed by atoms with van der Waals surface area (Å²) in [6, 6.07) is 2.51. The molecule has 0 aliphatic rings. The minimum Gasteiger partial charge on any atom is -0.504 e. The van der Waals surface area contributed by atoms with Gasteiger partial charge in [0.15, 0.2) is 5.75 Å². The van der Waals surface area contributed by atoms with Gasteiger partial charge in [0.1, 0.15) is 11.4 Å². The molecule has 1 aromatic rings. The van der Waals surface area contributed by atoms with Crippen LogP contribution < -0.4 is 0 Å². The van der Waals surface area contributed by atoms with Crippen molar-refractivity contribution in [1.29, 1.82) is 16.6 Å². The summed E-state index contributed by atoms with van der Waals surface area (Å²) in [5.74, 6) is -0.350. The third kappa shape index (κ3) is 1.53. The number of nitrogens with one attached hydrogen (secondary N) is 3. The fraction of sp³-hybridized carbons (Fsp3) is 0. The molecule has 0 spiro atoms. The minimum atomic E-state index is -0.350. The standard InChI is InChI=1S/C6H6N6O/c7-10-3-1-4(11-8)6(13)5(2-3)12-9/h1-2,7-9,13H. The fourth-order valence-electron chi connectivity index (χ4n) is 0.825. The van der Waals surface area contributed by atoms with E-state index in [1.165, 1.54) is 12.1 Å². The number of phenols is 1. The molecule has 0 fully saturated rings. The van der Waals surface area contributed by atoms with Crippen molar-refractivity contribution < 1.29 is 5.11 Å². The van der Waals surface area contributed by atoms with Crippen molar-refractivity contribution in [3.8, 4) is 5.75 Å². The van der Waals surface area contributed by atoms with E-state index in [2.05, 4.69) is 15.3 Å². The lowest BCUT2D eigenvalue weighted by molar-refractivity contribution is 0.477. The van der Waals surface area contributed by atoms with Gasteiger partial charge in [-0.1, -0.05) is 0 Å². The monoisotopic (exact) mass is 178 g/mol. The van der Waals surface area contributed by atoms with Crippen LogP contribution in [0.15, 0.2) is 27.5 Å². The molecule has 0 radical (unpaired) electrons. The van der Waals surface area contributed by atoms with Crippen LogP contribution in [0.4, 0.5) is 17.1 Å². The predicted octanol–water partition coefficient (Wildman–Crippen LogP) is 3.38. The molecule has 1 aromatic carbocycles. The van der Waals surface area contributed by atoms with Crippen LogP contribution in [0.25, 0.3) is 0 Å². The van der Waals surface area contributed by atoms with E-state index < -0.39 is 0 Å². The van der Waals surface area contributed by atoms with Crippen LogP contribution in [0, 0.1) is 16.6 Å². The SMILES string of the molecule is N=Nc1cc(N=N)c(O)c(N=N)c1. The first-order chi connectivity index (χ1) is 6.22. The lowest BCUT2D eigenvalue weighted by atomic mass is 10.2. The maximum atomic E-state index is 9.28. The molecule has 0 atom stereocenters. The van der Waals surface area contributed by atoms with Crippen LogP contribution in [0.1, 0.15) is 0 Å². The average Bonchev–Trinajstić information content (AvgIpc) is 2.18. The Hall–Kier alpha value is -2.18. The highest BCUT2D eigenvalue weighted by Gasteiger charge is 2.08. The van der Waals surface area contributed by atoms with Crippen molar-refractivity contribution in [1.82, 2.24) is 0 Å². The van der Waals surface area contributed by atoms with E-state index in [4.69, 9.17) is 16.6 Å². The lowest BCUT2D eigenvalue weighted by Crippen LogP contribution is -1.70. The van der Waals surface area contributed by atoms with Gasteiger partial charge in [-0.2, -0.15) is 15.3 Å². The number of hydrogen-bond donors (Lipinski definition) is 4. The summed E-state index contributed by atoms with van der Waals surface area (Å²) >= 11 is 0. The molecule has 0 saturated heterocycles. The molecular weight excluding hydrogens is 172 g/mol. The van der Waals surface area contributed by atoms with E-state index in [1.54, 1.807) is 0 Å². The van der Waals surface area contributed by atoms with E-state index in [-0.39, 0.29) is 22.8 Å². The minimum absolute atomic E-state index is 0.0560. The summed E-state index contributed by atoms with van der Waals surface area (Å²) < 4.78 is 0. The largest absolute Gasteiger partial charge is 0.504 e. The van der Waals surface area contributed by atoms with Crippen molar-refractivity contribution in [3.63, 3.8) is 0 Å². The highest BCUT2D eigenvalue weighted by atomic mass is 16.3. The van der Waals surface area contributed by atoms with E-state index >= 15 is 0 Å². The van der Waals surface area contributed by atoms with Crippen LogP contribution in [0.5, 0.6) is 5.75 Å². The molecule has 66 valence electrons. The normalized spacial score (nSPS) is 9.23. The number of rotatable bonds is 3. The van der Waals surface area contributed by atoms with Gasteiger partial charge in [0.2, 0.25) is 0 Å². The summed E-state index contributed by atoms with van der Waals surface area (Å²) in [5, 5.41) is 18.4. The van der Waals surface area contributed by atoms with Crippen molar-refractivity contribution in [2.75, 3.05) is 0 Å². The van der Waals surface area contributed by atoms with Crippen LogP contribution in [0.2, 0.25) is 0 Å². The van der Waals surface area contributed by atoms with Gasteiger partial charge in [0, 0.05) is 0 Å². The Labute approximate surface area is 72.9 Å². The molecule has 0 heterocycles. The first kappa shape index (κ1) is 8.91. The second-order valence-corrected chi connectivity index (χ2v) is 2.17. The zero-order valence-corrected chi connectivity index (χ0v) is 6.44. The molecule has 0 aliphatic carbocycles. The molecule has 0 amide bonds. The Morgan fingerprint density at radius 1 is 0.923 bits per heavy atom. The molecule has 0 bridgehead atoms. The molecule has 0 unspecified atom stereocenters. The van der Waals surface area contributed by atoms with E-state index in [1.807, 2.05) is 0 Å². The predicted molar refractivity (Wildman–Crippen MR) is 42.5 cm³/mol.